The van der Waals surface area contributed by atoms with Crippen molar-refractivity contribution in [3.63, 3.8) is 0 Å². The minimum atomic E-state index is -0.960. The topological polar surface area (TPSA) is 66.8 Å². The van der Waals surface area contributed by atoms with Crippen LogP contribution >= 0.6 is 11.8 Å². The van der Waals surface area contributed by atoms with Gasteiger partial charge in [0.2, 0.25) is 0 Å². The highest BCUT2D eigenvalue weighted by Gasteiger charge is 2.38. The molecule has 0 aromatic heterocycles. The van der Waals surface area contributed by atoms with Gasteiger partial charge in [-0.1, -0.05) is 0 Å². The first-order valence-corrected chi connectivity index (χ1v) is 5.71. The number of amides is 1. The molecule has 1 heterocycles. The molecule has 0 saturated carbocycles. The molecule has 0 aromatic rings. The average molecular weight is 219 g/mol. The Balaban J connectivity index is 2.27. The molecule has 0 radical (unpaired) electrons. The van der Waals surface area contributed by atoms with Crippen LogP contribution in [0.4, 0.5) is 4.79 Å². The van der Waals surface area contributed by atoms with Crippen molar-refractivity contribution >= 4 is 23.8 Å². The van der Waals surface area contributed by atoms with Gasteiger partial charge in [-0.05, 0) is 12.7 Å². The molecule has 0 spiro atoms. The first-order chi connectivity index (χ1) is 6.66. The molecule has 1 N–H and O–H groups in total. The Morgan fingerprint density at radius 2 is 2.36 bits per heavy atom. The van der Waals surface area contributed by atoms with Crippen LogP contribution in [-0.4, -0.2) is 53.3 Å². The molecule has 5 nitrogen and oxygen atoms in total. The molecular formula is C8H13NO4S. The highest BCUT2D eigenvalue weighted by atomic mass is 32.2. The van der Waals surface area contributed by atoms with E-state index in [1.54, 1.807) is 11.8 Å². The van der Waals surface area contributed by atoms with Crippen LogP contribution in [0.5, 0.6) is 0 Å². The largest absolute Gasteiger partial charge is 0.480 e. The van der Waals surface area contributed by atoms with E-state index in [0.29, 0.717) is 19.6 Å². The van der Waals surface area contributed by atoms with Crippen molar-refractivity contribution in [3.05, 3.63) is 0 Å². The van der Waals surface area contributed by atoms with E-state index in [1.807, 2.05) is 6.26 Å². The van der Waals surface area contributed by atoms with Crippen LogP contribution in [-0.2, 0) is 9.53 Å². The van der Waals surface area contributed by atoms with Gasteiger partial charge in [-0.25, -0.2) is 9.59 Å². The molecule has 1 atom stereocenters. The molecule has 0 aromatic carbocycles. The summed E-state index contributed by atoms with van der Waals surface area (Å²) in [5.41, 5.74) is 0. The number of carboxylic acid groups (broad SMARTS) is 1. The van der Waals surface area contributed by atoms with Crippen LogP contribution in [0, 0.1) is 0 Å². The molecule has 1 unspecified atom stereocenters. The van der Waals surface area contributed by atoms with Gasteiger partial charge >= 0.3 is 12.1 Å². The quantitative estimate of drug-likeness (QED) is 0.703. The Morgan fingerprint density at radius 3 is 2.79 bits per heavy atom. The monoisotopic (exact) mass is 219 g/mol. The fourth-order valence-corrected chi connectivity index (χ4v) is 1.41. The number of carbonyl (C=O) groups is 2. The highest BCUT2D eigenvalue weighted by Crippen LogP contribution is 2.18. The predicted octanol–water partition coefficient (Wildman–Crippen LogP) is 0.645. The molecule has 0 aliphatic carbocycles. The van der Waals surface area contributed by atoms with E-state index < -0.39 is 18.1 Å². The maximum absolute atomic E-state index is 11.2. The van der Waals surface area contributed by atoms with Crippen LogP contribution in [0.3, 0.4) is 0 Å². The lowest BCUT2D eigenvalue weighted by Gasteiger charge is -2.36. The Bertz CT molecular complexity index is 233. The van der Waals surface area contributed by atoms with Crippen molar-refractivity contribution < 1.29 is 19.4 Å². The van der Waals surface area contributed by atoms with E-state index in [9.17, 15) is 9.59 Å². The van der Waals surface area contributed by atoms with E-state index in [1.165, 1.54) is 4.90 Å². The maximum atomic E-state index is 11.2. The number of rotatable bonds is 4. The fourth-order valence-electron chi connectivity index (χ4n) is 1.16. The molecule has 1 fully saturated rings. The summed E-state index contributed by atoms with van der Waals surface area (Å²) in [4.78, 5) is 23.1. The van der Waals surface area contributed by atoms with Crippen molar-refractivity contribution in [3.8, 4) is 0 Å². The zero-order chi connectivity index (χ0) is 10.6. The number of aliphatic carboxylic acids is 1. The first-order valence-electron chi connectivity index (χ1n) is 4.32. The van der Waals surface area contributed by atoms with Crippen molar-refractivity contribution in [2.24, 2.45) is 0 Å². The van der Waals surface area contributed by atoms with Gasteiger partial charge < -0.3 is 9.84 Å². The SMILES string of the molecule is CSCCOC(=O)N1CCC1C(=O)O. The second-order valence-electron chi connectivity index (χ2n) is 2.94. The number of ether oxygens (including phenoxy) is 1. The summed E-state index contributed by atoms with van der Waals surface area (Å²) in [6.45, 7) is 0.817. The van der Waals surface area contributed by atoms with E-state index in [4.69, 9.17) is 9.84 Å². The third kappa shape index (κ3) is 2.54. The second-order valence-corrected chi connectivity index (χ2v) is 3.93. The smallest absolute Gasteiger partial charge is 0.410 e. The molecule has 1 aliphatic heterocycles. The zero-order valence-electron chi connectivity index (χ0n) is 7.93. The Kier molecular flexibility index (Phi) is 4.06. The van der Waals surface area contributed by atoms with Crippen LogP contribution in [0.2, 0.25) is 0 Å². The van der Waals surface area contributed by atoms with Crippen molar-refractivity contribution in [1.29, 1.82) is 0 Å². The molecule has 80 valence electrons. The lowest BCUT2D eigenvalue weighted by atomic mass is 10.1. The number of hydrogen-bond donors (Lipinski definition) is 1. The zero-order valence-corrected chi connectivity index (χ0v) is 8.75. The average Bonchev–Trinajstić information content (AvgIpc) is 2.01. The summed E-state index contributed by atoms with van der Waals surface area (Å²) in [6.07, 6.45) is 1.92. The predicted molar refractivity (Wildman–Crippen MR) is 52.5 cm³/mol. The standard InChI is InChI=1S/C8H13NO4S/c1-14-5-4-13-8(12)9-3-2-6(9)7(10)11/h6H,2-5H2,1H3,(H,10,11). The number of thioether (sulfide) groups is 1. The number of carboxylic acids is 1. The lowest BCUT2D eigenvalue weighted by Crippen LogP contribution is -2.55. The minimum Gasteiger partial charge on any atom is -0.480 e. The van der Waals surface area contributed by atoms with Gasteiger partial charge in [0, 0.05) is 12.3 Å². The van der Waals surface area contributed by atoms with Gasteiger partial charge in [0.25, 0.3) is 0 Å². The molecular weight excluding hydrogens is 206 g/mol. The molecule has 14 heavy (non-hydrogen) atoms. The van der Waals surface area contributed by atoms with Crippen LogP contribution < -0.4 is 0 Å². The van der Waals surface area contributed by atoms with E-state index in [2.05, 4.69) is 0 Å². The van der Waals surface area contributed by atoms with Crippen molar-refractivity contribution in [1.82, 2.24) is 4.90 Å². The number of carbonyl (C=O) groups excluding carboxylic acids is 1. The van der Waals surface area contributed by atoms with Crippen LogP contribution in [0.25, 0.3) is 0 Å². The van der Waals surface area contributed by atoms with Gasteiger partial charge in [-0.15, -0.1) is 0 Å². The number of hydrogen-bond acceptors (Lipinski definition) is 4. The molecule has 1 rings (SSSR count). The summed E-state index contributed by atoms with van der Waals surface area (Å²) >= 11 is 1.58. The molecule has 6 heteroatoms. The second kappa shape index (κ2) is 5.09. The van der Waals surface area contributed by atoms with Crippen LogP contribution in [0.1, 0.15) is 6.42 Å². The fraction of sp³-hybridized carbons (Fsp3) is 0.750. The molecule has 1 aliphatic rings. The minimum absolute atomic E-state index is 0.336. The number of nitrogens with zero attached hydrogens (tertiary/aromatic N) is 1. The Morgan fingerprint density at radius 1 is 1.64 bits per heavy atom. The third-order valence-electron chi connectivity index (χ3n) is 2.05. The van der Waals surface area contributed by atoms with Crippen molar-refractivity contribution in [2.45, 2.75) is 12.5 Å². The van der Waals surface area contributed by atoms with Gasteiger partial charge in [0.05, 0.1) is 0 Å². The summed E-state index contributed by atoms with van der Waals surface area (Å²) < 4.78 is 4.87. The van der Waals surface area contributed by atoms with Crippen molar-refractivity contribution in [2.75, 3.05) is 25.2 Å². The van der Waals surface area contributed by atoms with E-state index >= 15 is 0 Å². The van der Waals surface area contributed by atoms with Gasteiger partial charge in [-0.2, -0.15) is 11.8 Å². The Labute approximate surface area is 86.4 Å². The number of likely N-dealkylation sites (tertiary alicyclic amines) is 1. The van der Waals surface area contributed by atoms with Gasteiger partial charge in [0.15, 0.2) is 0 Å². The lowest BCUT2D eigenvalue weighted by molar-refractivity contribution is -0.146. The molecule has 1 saturated heterocycles. The summed E-state index contributed by atoms with van der Waals surface area (Å²) in [6, 6.07) is -0.684. The van der Waals surface area contributed by atoms with Crippen LogP contribution in [0.15, 0.2) is 0 Å². The summed E-state index contributed by atoms with van der Waals surface area (Å²) in [5.74, 6) is -0.227. The van der Waals surface area contributed by atoms with Gasteiger partial charge in [-0.3, -0.25) is 4.90 Å². The third-order valence-corrected chi connectivity index (χ3v) is 2.63. The summed E-state index contributed by atoms with van der Waals surface area (Å²) in [7, 11) is 0. The Hall–Kier alpha value is -0.910. The maximum Gasteiger partial charge on any atom is 0.410 e. The van der Waals surface area contributed by atoms with E-state index in [-0.39, 0.29) is 0 Å². The molecule has 0 bridgehead atoms. The molecule has 1 amide bonds. The normalized spacial score (nSPS) is 20.1. The highest BCUT2D eigenvalue weighted by molar-refractivity contribution is 7.98. The van der Waals surface area contributed by atoms with E-state index in [0.717, 1.165) is 5.75 Å². The first kappa shape index (κ1) is 11.2. The summed E-state index contributed by atoms with van der Waals surface area (Å²) in [5, 5.41) is 8.67. The van der Waals surface area contributed by atoms with Gasteiger partial charge in [0.1, 0.15) is 12.6 Å².